The van der Waals surface area contributed by atoms with Crippen LogP contribution in [0, 0.1) is 11.3 Å². The fourth-order valence-corrected chi connectivity index (χ4v) is 5.73. The van der Waals surface area contributed by atoms with E-state index < -0.39 is 12.1 Å². The molecule has 0 radical (unpaired) electrons. The van der Waals surface area contributed by atoms with Crippen LogP contribution in [0.5, 0.6) is 0 Å². The quantitative estimate of drug-likeness (QED) is 0.372. The summed E-state index contributed by atoms with van der Waals surface area (Å²) < 4.78 is 31.7. The number of anilines is 2. The maximum absolute atomic E-state index is 13.0. The van der Waals surface area contributed by atoms with Gasteiger partial charge < -0.3 is 20.2 Å². The first-order chi connectivity index (χ1) is 19.9. The van der Waals surface area contributed by atoms with Crippen LogP contribution in [-0.2, 0) is 17.8 Å². The lowest BCUT2D eigenvalue weighted by Gasteiger charge is -2.25. The second kappa shape index (κ2) is 13.0. The number of alkyl halides is 3. The van der Waals surface area contributed by atoms with Crippen molar-refractivity contribution >= 4 is 40.1 Å². The standard InChI is InChI=1S/C26H26N6O2S.C2HF3O2/c1-31-12-10-21-23(16-31)35-25(29-21)30-24(33)19-7-3-6-18(14-19)22-9-4-11-32(22)26(34)28-20-8-2-5-17(13-20)15-27;3-2(4,5)1(6)7/h2-3,5-8,13-14,22H,4,9-12,16H2,1H3,(H,28,34)(H,29,30,33);(H,6,7). The first kappa shape index (κ1) is 30.5. The number of aliphatic carboxylic acids is 1. The molecule has 0 spiro atoms. The average Bonchev–Trinajstić information content (AvgIpc) is 3.60. The largest absolute Gasteiger partial charge is 0.490 e. The van der Waals surface area contributed by atoms with Gasteiger partial charge in [-0.1, -0.05) is 18.2 Å². The first-order valence-electron chi connectivity index (χ1n) is 12.9. The number of amides is 3. The molecule has 3 aromatic rings. The minimum Gasteiger partial charge on any atom is -0.475 e. The number of nitrogens with one attached hydrogen (secondary N) is 2. The number of fused-ring (bicyclic) bond motifs is 1. The number of halogens is 3. The third-order valence-corrected chi connectivity index (χ3v) is 7.67. The van der Waals surface area contributed by atoms with Crippen LogP contribution in [0.25, 0.3) is 0 Å². The predicted octanol–water partition coefficient (Wildman–Crippen LogP) is 5.26. The number of urea groups is 1. The fraction of sp³-hybridized carbons (Fsp3) is 0.321. The molecule has 1 atom stereocenters. The second-order valence-electron chi connectivity index (χ2n) is 9.73. The van der Waals surface area contributed by atoms with Crippen molar-refractivity contribution in [1.82, 2.24) is 14.8 Å². The summed E-state index contributed by atoms with van der Waals surface area (Å²) in [5.74, 6) is -2.96. The zero-order chi connectivity index (χ0) is 30.4. The van der Waals surface area contributed by atoms with Crippen LogP contribution in [0.15, 0.2) is 48.5 Å². The molecule has 2 aromatic carbocycles. The summed E-state index contributed by atoms with van der Waals surface area (Å²) in [6.07, 6.45) is -2.48. The van der Waals surface area contributed by atoms with E-state index in [9.17, 15) is 22.8 Å². The molecule has 1 unspecified atom stereocenters. The van der Waals surface area contributed by atoms with Crippen molar-refractivity contribution in [2.75, 3.05) is 30.8 Å². The Morgan fingerprint density at radius 3 is 2.57 bits per heavy atom. The van der Waals surface area contributed by atoms with Crippen LogP contribution >= 0.6 is 11.3 Å². The number of benzene rings is 2. The van der Waals surface area contributed by atoms with Crippen LogP contribution in [-0.4, -0.2) is 64.1 Å². The SMILES string of the molecule is CN1CCc2nc(NC(=O)c3cccc(C4CCCN4C(=O)Nc4cccc(C#N)c4)c3)sc2C1.O=C(O)C(F)(F)F. The van der Waals surface area contributed by atoms with E-state index in [1.54, 1.807) is 35.2 Å². The van der Waals surface area contributed by atoms with E-state index in [1.165, 1.54) is 16.2 Å². The smallest absolute Gasteiger partial charge is 0.475 e. The van der Waals surface area contributed by atoms with Gasteiger partial charge in [-0.25, -0.2) is 14.6 Å². The van der Waals surface area contributed by atoms with Crippen LogP contribution in [0.1, 0.15) is 50.9 Å². The number of likely N-dealkylation sites (N-methyl/N-ethyl adjacent to an activating group) is 1. The molecule has 1 saturated heterocycles. The molecule has 3 N–H and O–H groups in total. The Labute approximate surface area is 243 Å². The van der Waals surface area contributed by atoms with Gasteiger partial charge in [0, 0.05) is 42.2 Å². The van der Waals surface area contributed by atoms with Gasteiger partial charge in [0.1, 0.15) is 0 Å². The lowest BCUT2D eigenvalue weighted by molar-refractivity contribution is -0.192. The van der Waals surface area contributed by atoms with E-state index in [2.05, 4.69) is 33.6 Å². The molecule has 0 aliphatic carbocycles. The third-order valence-electron chi connectivity index (χ3n) is 6.68. The Bertz CT molecular complexity index is 1520. The lowest BCUT2D eigenvalue weighted by Crippen LogP contribution is -2.34. The van der Waals surface area contributed by atoms with Crippen LogP contribution in [0.3, 0.4) is 0 Å². The van der Waals surface area contributed by atoms with Crippen molar-refractivity contribution in [2.24, 2.45) is 0 Å². The van der Waals surface area contributed by atoms with Crippen molar-refractivity contribution in [3.8, 4) is 6.07 Å². The number of carbonyl (C=O) groups is 3. The second-order valence-corrected chi connectivity index (χ2v) is 10.8. The molecular weight excluding hydrogens is 573 g/mol. The normalized spacial score (nSPS) is 16.5. The molecular formula is C28H27F3N6O4S. The molecule has 1 fully saturated rings. The summed E-state index contributed by atoms with van der Waals surface area (Å²) in [4.78, 5) is 44.8. The molecule has 42 heavy (non-hydrogen) atoms. The Hall–Kier alpha value is -4.48. The van der Waals surface area contributed by atoms with Crippen LogP contribution in [0.4, 0.5) is 28.8 Å². The van der Waals surface area contributed by atoms with Gasteiger partial charge in [-0.3, -0.25) is 10.1 Å². The van der Waals surface area contributed by atoms with Gasteiger partial charge in [-0.05, 0) is 55.8 Å². The number of nitrogens with zero attached hydrogens (tertiary/aromatic N) is 4. The van der Waals surface area contributed by atoms with E-state index in [1.807, 2.05) is 18.2 Å². The van der Waals surface area contributed by atoms with Gasteiger partial charge in [-0.2, -0.15) is 18.4 Å². The highest BCUT2D eigenvalue weighted by Gasteiger charge is 2.38. The Kier molecular flexibility index (Phi) is 9.44. The molecule has 1 aromatic heterocycles. The number of likely N-dealkylation sites (tertiary alicyclic amines) is 1. The molecule has 3 heterocycles. The number of nitriles is 1. The maximum Gasteiger partial charge on any atom is 0.490 e. The lowest BCUT2D eigenvalue weighted by atomic mass is 10.0. The van der Waals surface area contributed by atoms with Gasteiger partial charge in [0.05, 0.1) is 23.4 Å². The summed E-state index contributed by atoms with van der Waals surface area (Å²) in [5, 5.41) is 22.7. The monoisotopic (exact) mass is 600 g/mol. The Morgan fingerprint density at radius 1 is 1.12 bits per heavy atom. The number of thiazole rings is 1. The van der Waals surface area contributed by atoms with Gasteiger partial charge in [0.2, 0.25) is 0 Å². The highest BCUT2D eigenvalue weighted by molar-refractivity contribution is 7.15. The summed E-state index contributed by atoms with van der Waals surface area (Å²) in [6, 6.07) is 16.1. The number of carboxylic acids is 1. The maximum atomic E-state index is 13.0. The Morgan fingerprint density at radius 2 is 1.86 bits per heavy atom. The molecule has 220 valence electrons. The van der Waals surface area contributed by atoms with E-state index in [4.69, 9.17) is 15.2 Å². The van der Waals surface area contributed by atoms with Crippen LogP contribution < -0.4 is 10.6 Å². The first-order valence-corrected chi connectivity index (χ1v) is 13.7. The summed E-state index contributed by atoms with van der Waals surface area (Å²) >= 11 is 1.53. The zero-order valence-electron chi connectivity index (χ0n) is 22.4. The van der Waals surface area contributed by atoms with E-state index in [0.717, 1.165) is 43.6 Å². The van der Waals surface area contributed by atoms with Crippen LogP contribution in [0.2, 0.25) is 0 Å². The fourth-order valence-electron chi connectivity index (χ4n) is 4.65. The van der Waals surface area contributed by atoms with Gasteiger partial charge >= 0.3 is 18.2 Å². The van der Waals surface area contributed by atoms with Crippen molar-refractivity contribution in [2.45, 2.75) is 38.0 Å². The number of hydrogen-bond donors (Lipinski definition) is 3. The highest BCUT2D eigenvalue weighted by Crippen LogP contribution is 2.33. The molecule has 14 heteroatoms. The predicted molar refractivity (Wildman–Crippen MR) is 149 cm³/mol. The topological polar surface area (TPSA) is 139 Å². The molecule has 0 bridgehead atoms. The minimum atomic E-state index is -5.08. The number of hydrogen-bond acceptors (Lipinski definition) is 7. The Balaban J connectivity index is 0.000000517. The minimum absolute atomic E-state index is 0.121. The molecule has 2 aliphatic rings. The highest BCUT2D eigenvalue weighted by atomic mass is 32.1. The number of carbonyl (C=O) groups excluding carboxylic acids is 2. The van der Waals surface area contributed by atoms with Crippen molar-refractivity contribution in [1.29, 1.82) is 5.26 Å². The molecule has 3 amide bonds. The van der Waals surface area contributed by atoms with Gasteiger partial charge in [0.25, 0.3) is 5.91 Å². The van der Waals surface area contributed by atoms with Gasteiger partial charge in [-0.15, -0.1) is 11.3 Å². The van der Waals surface area contributed by atoms with Crippen molar-refractivity contribution in [3.63, 3.8) is 0 Å². The van der Waals surface area contributed by atoms with E-state index in [0.29, 0.717) is 28.5 Å². The molecule has 5 rings (SSSR count). The van der Waals surface area contributed by atoms with E-state index >= 15 is 0 Å². The third kappa shape index (κ3) is 7.62. The van der Waals surface area contributed by atoms with E-state index in [-0.39, 0.29) is 18.0 Å². The summed E-state index contributed by atoms with van der Waals surface area (Å²) in [7, 11) is 2.09. The molecule has 2 aliphatic heterocycles. The zero-order valence-corrected chi connectivity index (χ0v) is 23.3. The number of rotatable bonds is 4. The summed E-state index contributed by atoms with van der Waals surface area (Å²) in [5.41, 5.74) is 3.63. The van der Waals surface area contributed by atoms with Crippen molar-refractivity contribution in [3.05, 3.63) is 75.8 Å². The number of aromatic nitrogens is 1. The van der Waals surface area contributed by atoms with Crippen molar-refractivity contribution < 1.29 is 32.7 Å². The average molecular weight is 601 g/mol. The summed E-state index contributed by atoms with van der Waals surface area (Å²) in [6.45, 7) is 2.46. The molecule has 0 saturated carbocycles. The molecule has 10 nitrogen and oxygen atoms in total. The number of carboxylic acid groups (broad SMARTS) is 1. The van der Waals surface area contributed by atoms with Gasteiger partial charge in [0.15, 0.2) is 5.13 Å².